The van der Waals surface area contributed by atoms with Crippen molar-refractivity contribution in [3.05, 3.63) is 29.6 Å². The van der Waals surface area contributed by atoms with E-state index < -0.39 is 5.82 Å². The van der Waals surface area contributed by atoms with Gasteiger partial charge in [0.25, 0.3) is 0 Å². The molecule has 1 saturated heterocycles. The van der Waals surface area contributed by atoms with Crippen LogP contribution in [0.5, 0.6) is 0 Å². The van der Waals surface area contributed by atoms with Gasteiger partial charge in [-0.25, -0.2) is 4.39 Å². The molecule has 114 valence electrons. The first-order chi connectivity index (χ1) is 10.1. The molecule has 1 N–H and O–H groups in total. The van der Waals surface area contributed by atoms with E-state index in [1.807, 2.05) is 6.07 Å². The average molecular weight is 289 g/mol. The number of nitrogens with one attached hydrogen (secondary N) is 1. The molecule has 0 bridgehead atoms. The van der Waals surface area contributed by atoms with E-state index in [4.69, 9.17) is 5.26 Å². The molecule has 1 aromatic carbocycles. The highest BCUT2D eigenvalue weighted by Gasteiger charge is 2.23. The molecule has 1 aliphatic heterocycles. The highest BCUT2D eigenvalue weighted by molar-refractivity contribution is 5.50. The lowest BCUT2D eigenvalue weighted by Crippen LogP contribution is -2.39. The second kappa shape index (κ2) is 7.42. The average Bonchev–Trinajstić information content (AvgIpc) is 2.50. The van der Waals surface area contributed by atoms with Gasteiger partial charge in [-0.05, 0) is 69.9 Å². The van der Waals surface area contributed by atoms with E-state index in [-0.39, 0.29) is 5.56 Å². The minimum Gasteiger partial charge on any atom is -0.382 e. The lowest BCUT2D eigenvalue weighted by atomic mass is 9.90. The Morgan fingerprint density at radius 2 is 2.14 bits per heavy atom. The zero-order valence-electron chi connectivity index (χ0n) is 12.9. The van der Waals surface area contributed by atoms with E-state index >= 15 is 0 Å². The zero-order chi connectivity index (χ0) is 15.2. The predicted molar refractivity (Wildman–Crippen MR) is 83.7 cm³/mol. The molecule has 0 amide bonds. The molecule has 1 atom stereocenters. The maximum absolute atomic E-state index is 13.3. The van der Waals surface area contributed by atoms with Crippen LogP contribution in [0, 0.1) is 23.1 Å². The molecule has 0 aliphatic carbocycles. The van der Waals surface area contributed by atoms with Crippen LogP contribution in [-0.4, -0.2) is 30.6 Å². The van der Waals surface area contributed by atoms with Gasteiger partial charge < -0.3 is 10.2 Å². The van der Waals surface area contributed by atoms with E-state index in [2.05, 4.69) is 24.1 Å². The number of rotatable bonds is 5. The molecule has 1 aliphatic rings. The Hall–Kier alpha value is -1.60. The Morgan fingerprint density at radius 3 is 2.76 bits per heavy atom. The van der Waals surface area contributed by atoms with Gasteiger partial charge in [0.1, 0.15) is 11.9 Å². The highest BCUT2D eigenvalue weighted by atomic mass is 19.1. The lowest BCUT2D eigenvalue weighted by molar-refractivity contribution is 0.176. The van der Waals surface area contributed by atoms with E-state index in [9.17, 15) is 4.39 Å². The maximum atomic E-state index is 13.3. The van der Waals surface area contributed by atoms with Crippen LogP contribution in [0.1, 0.15) is 38.7 Å². The fraction of sp³-hybridized carbons (Fsp3) is 0.588. The quantitative estimate of drug-likeness (QED) is 0.900. The van der Waals surface area contributed by atoms with Gasteiger partial charge >= 0.3 is 0 Å². The van der Waals surface area contributed by atoms with Gasteiger partial charge in [-0.3, -0.25) is 0 Å². The van der Waals surface area contributed by atoms with Crippen molar-refractivity contribution < 1.29 is 4.39 Å². The first-order valence-corrected chi connectivity index (χ1v) is 7.82. The standard InChI is InChI=1S/C17H24FN3/c1-3-8-21-9-6-14(7-10-21)13(2)20-16-4-5-17(18)15(11-16)12-19/h4-5,11,13-14,20H,3,6-10H2,1-2H3. The van der Waals surface area contributed by atoms with Crippen LogP contribution < -0.4 is 5.32 Å². The van der Waals surface area contributed by atoms with Gasteiger partial charge in [-0.1, -0.05) is 6.92 Å². The number of benzene rings is 1. The SMILES string of the molecule is CCCN1CCC(C(C)Nc2ccc(F)c(C#N)c2)CC1. The van der Waals surface area contributed by atoms with Crippen LogP contribution in [-0.2, 0) is 0 Å². The molecule has 0 spiro atoms. The van der Waals surface area contributed by atoms with Crippen LogP contribution in [0.15, 0.2) is 18.2 Å². The molecule has 3 nitrogen and oxygen atoms in total. The summed E-state index contributed by atoms with van der Waals surface area (Å²) in [7, 11) is 0. The van der Waals surface area contributed by atoms with E-state index in [1.54, 1.807) is 12.1 Å². The number of likely N-dealkylation sites (tertiary alicyclic amines) is 1. The smallest absolute Gasteiger partial charge is 0.141 e. The van der Waals surface area contributed by atoms with Crippen molar-refractivity contribution in [2.75, 3.05) is 25.0 Å². The second-order valence-electron chi connectivity index (χ2n) is 5.92. The minimum absolute atomic E-state index is 0.102. The molecule has 21 heavy (non-hydrogen) atoms. The number of nitrogens with zero attached hydrogens (tertiary/aromatic N) is 2. The summed E-state index contributed by atoms with van der Waals surface area (Å²) in [4.78, 5) is 2.52. The number of halogens is 1. The number of hydrogen-bond donors (Lipinski definition) is 1. The van der Waals surface area contributed by atoms with E-state index in [1.165, 1.54) is 31.9 Å². The van der Waals surface area contributed by atoms with Crippen molar-refractivity contribution >= 4 is 5.69 Å². The van der Waals surface area contributed by atoms with Gasteiger partial charge in [0, 0.05) is 11.7 Å². The predicted octanol–water partition coefficient (Wildman–Crippen LogP) is 3.62. The largest absolute Gasteiger partial charge is 0.382 e. The summed E-state index contributed by atoms with van der Waals surface area (Å²) in [6.07, 6.45) is 3.60. The molecule has 2 rings (SSSR count). The van der Waals surface area contributed by atoms with Crippen molar-refractivity contribution in [2.45, 2.75) is 39.2 Å². The zero-order valence-corrected chi connectivity index (χ0v) is 12.9. The summed E-state index contributed by atoms with van der Waals surface area (Å²) in [5.41, 5.74) is 0.932. The normalized spacial score (nSPS) is 18.2. The Kier molecular flexibility index (Phi) is 5.58. The van der Waals surface area contributed by atoms with Crippen LogP contribution >= 0.6 is 0 Å². The fourth-order valence-electron chi connectivity index (χ4n) is 3.07. The van der Waals surface area contributed by atoms with Crippen LogP contribution in [0.25, 0.3) is 0 Å². The molecular formula is C17H24FN3. The van der Waals surface area contributed by atoms with E-state index in [0.717, 1.165) is 18.8 Å². The van der Waals surface area contributed by atoms with Crippen LogP contribution in [0.3, 0.4) is 0 Å². The maximum Gasteiger partial charge on any atom is 0.141 e. The summed E-state index contributed by atoms with van der Waals surface area (Å²) in [5, 5.41) is 12.3. The number of piperidine rings is 1. The Bertz CT molecular complexity index is 501. The van der Waals surface area contributed by atoms with Crippen molar-refractivity contribution in [1.29, 1.82) is 5.26 Å². The summed E-state index contributed by atoms with van der Waals surface area (Å²) >= 11 is 0. The van der Waals surface area contributed by atoms with Gasteiger partial charge in [0.15, 0.2) is 0 Å². The molecule has 0 radical (unpaired) electrons. The molecule has 1 heterocycles. The number of hydrogen-bond acceptors (Lipinski definition) is 3. The summed E-state index contributed by atoms with van der Waals surface area (Å²) in [6, 6.07) is 6.89. The molecule has 1 unspecified atom stereocenters. The molecule has 1 fully saturated rings. The third-order valence-corrected chi connectivity index (χ3v) is 4.36. The van der Waals surface area contributed by atoms with Gasteiger partial charge in [0.2, 0.25) is 0 Å². The van der Waals surface area contributed by atoms with Crippen molar-refractivity contribution in [1.82, 2.24) is 4.90 Å². The minimum atomic E-state index is -0.455. The van der Waals surface area contributed by atoms with Crippen molar-refractivity contribution in [3.8, 4) is 6.07 Å². The lowest BCUT2D eigenvalue weighted by Gasteiger charge is -2.35. The molecular weight excluding hydrogens is 265 g/mol. The fourth-order valence-corrected chi connectivity index (χ4v) is 3.07. The second-order valence-corrected chi connectivity index (χ2v) is 5.92. The van der Waals surface area contributed by atoms with Crippen molar-refractivity contribution in [2.24, 2.45) is 5.92 Å². The van der Waals surface area contributed by atoms with Gasteiger partial charge in [-0.2, -0.15) is 5.26 Å². The van der Waals surface area contributed by atoms with Crippen LogP contribution in [0.2, 0.25) is 0 Å². The van der Waals surface area contributed by atoms with Gasteiger partial charge in [0.05, 0.1) is 5.56 Å². The molecule has 0 aromatic heterocycles. The summed E-state index contributed by atoms with van der Waals surface area (Å²) in [5.74, 6) is 0.178. The first kappa shape index (κ1) is 15.8. The Balaban J connectivity index is 1.90. The summed E-state index contributed by atoms with van der Waals surface area (Å²) in [6.45, 7) is 7.92. The van der Waals surface area contributed by atoms with Gasteiger partial charge in [-0.15, -0.1) is 0 Å². The van der Waals surface area contributed by atoms with Crippen molar-refractivity contribution in [3.63, 3.8) is 0 Å². The molecule has 0 saturated carbocycles. The number of anilines is 1. The molecule has 4 heteroatoms. The third-order valence-electron chi connectivity index (χ3n) is 4.36. The topological polar surface area (TPSA) is 39.1 Å². The molecule has 1 aromatic rings. The third kappa shape index (κ3) is 4.18. The summed E-state index contributed by atoms with van der Waals surface area (Å²) < 4.78 is 13.3. The Labute approximate surface area is 126 Å². The Morgan fingerprint density at radius 1 is 1.43 bits per heavy atom. The monoisotopic (exact) mass is 289 g/mol. The van der Waals surface area contributed by atoms with E-state index in [0.29, 0.717) is 12.0 Å². The first-order valence-electron chi connectivity index (χ1n) is 7.82. The van der Waals surface area contributed by atoms with Crippen LogP contribution in [0.4, 0.5) is 10.1 Å². The highest BCUT2D eigenvalue weighted by Crippen LogP contribution is 2.24. The number of nitriles is 1.